The molecule has 1 unspecified atom stereocenters. The summed E-state index contributed by atoms with van der Waals surface area (Å²) in [5.41, 5.74) is 4.81. The summed E-state index contributed by atoms with van der Waals surface area (Å²) in [4.78, 5) is 10.8. The highest BCUT2D eigenvalue weighted by Gasteiger charge is 2.14. The summed E-state index contributed by atoms with van der Waals surface area (Å²) in [5.74, 6) is -1.61. The quantitative estimate of drug-likeness (QED) is 0.609. The smallest absolute Gasteiger partial charge is 0.195 e. The first-order valence-corrected chi connectivity index (χ1v) is 3.25. The van der Waals surface area contributed by atoms with Gasteiger partial charge in [-0.3, -0.25) is 4.79 Å². The molecule has 58 valence electrons. The molecule has 0 aromatic carbocycles. The SMILES string of the molecule is CCC(C)C(=O)/C(F)=C/N. The molecule has 2 N–H and O–H groups in total. The zero-order valence-corrected chi connectivity index (χ0v) is 6.23. The van der Waals surface area contributed by atoms with Crippen molar-refractivity contribution in [1.82, 2.24) is 0 Å². The van der Waals surface area contributed by atoms with Gasteiger partial charge in [-0.2, -0.15) is 0 Å². The van der Waals surface area contributed by atoms with Crippen LogP contribution >= 0.6 is 0 Å². The first kappa shape index (κ1) is 9.14. The van der Waals surface area contributed by atoms with Gasteiger partial charge in [0.1, 0.15) is 0 Å². The number of ketones is 1. The molecular formula is C7H12FNO. The molecule has 3 heteroatoms. The van der Waals surface area contributed by atoms with E-state index < -0.39 is 11.6 Å². The van der Waals surface area contributed by atoms with E-state index in [-0.39, 0.29) is 5.92 Å². The van der Waals surface area contributed by atoms with Gasteiger partial charge in [0.2, 0.25) is 0 Å². The zero-order valence-electron chi connectivity index (χ0n) is 6.23. The Morgan fingerprint density at radius 3 is 2.60 bits per heavy atom. The molecule has 0 radical (unpaired) electrons. The zero-order chi connectivity index (χ0) is 8.15. The van der Waals surface area contributed by atoms with E-state index in [2.05, 4.69) is 0 Å². The minimum Gasteiger partial charge on any atom is -0.402 e. The van der Waals surface area contributed by atoms with Crippen molar-refractivity contribution >= 4 is 5.78 Å². The fraction of sp³-hybridized carbons (Fsp3) is 0.571. The van der Waals surface area contributed by atoms with Gasteiger partial charge < -0.3 is 5.73 Å². The predicted molar refractivity (Wildman–Crippen MR) is 37.8 cm³/mol. The van der Waals surface area contributed by atoms with E-state index in [1.54, 1.807) is 6.92 Å². The average Bonchev–Trinajstić information content (AvgIpc) is 2.00. The average molecular weight is 145 g/mol. The Morgan fingerprint density at radius 2 is 2.30 bits per heavy atom. The Labute approximate surface area is 59.9 Å². The third-order valence-electron chi connectivity index (χ3n) is 1.44. The predicted octanol–water partition coefficient (Wildman–Crippen LogP) is 1.37. The van der Waals surface area contributed by atoms with Gasteiger partial charge in [-0.1, -0.05) is 13.8 Å². The first-order valence-electron chi connectivity index (χ1n) is 3.25. The van der Waals surface area contributed by atoms with Crippen LogP contribution in [0.2, 0.25) is 0 Å². The van der Waals surface area contributed by atoms with E-state index in [0.717, 1.165) is 0 Å². The molecule has 0 bridgehead atoms. The standard InChI is InChI=1S/C7H12FNO/c1-3-5(2)7(10)6(8)4-9/h4-5H,3,9H2,1-2H3/b6-4-. The van der Waals surface area contributed by atoms with E-state index in [1.165, 1.54) is 0 Å². The molecule has 0 amide bonds. The maximum absolute atomic E-state index is 12.3. The summed E-state index contributed by atoms with van der Waals surface area (Å²) in [7, 11) is 0. The Kier molecular flexibility index (Phi) is 3.69. The second kappa shape index (κ2) is 4.04. The van der Waals surface area contributed by atoms with Crippen LogP contribution in [0.25, 0.3) is 0 Å². The van der Waals surface area contributed by atoms with Crippen molar-refractivity contribution in [2.45, 2.75) is 20.3 Å². The van der Waals surface area contributed by atoms with Gasteiger partial charge in [0, 0.05) is 12.1 Å². The number of carbonyl (C=O) groups is 1. The van der Waals surface area contributed by atoms with Crippen LogP contribution in [0, 0.1) is 5.92 Å². The number of rotatable bonds is 3. The number of nitrogens with two attached hydrogens (primary N) is 1. The maximum atomic E-state index is 12.3. The number of hydrogen-bond donors (Lipinski definition) is 1. The van der Waals surface area contributed by atoms with Gasteiger partial charge >= 0.3 is 0 Å². The molecule has 0 saturated carbocycles. The molecule has 10 heavy (non-hydrogen) atoms. The molecule has 0 saturated heterocycles. The van der Waals surface area contributed by atoms with Crippen LogP contribution < -0.4 is 5.73 Å². The summed E-state index contributed by atoms with van der Waals surface area (Å²) >= 11 is 0. The summed E-state index contributed by atoms with van der Waals surface area (Å²) in [6.07, 6.45) is 1.34. The van der Waals surface area contributed by atoms with E-state index in [9.17, 15) is 9.18 Å². The van der Waals surface area contributed by atoms with E-state index in [1.807, 2.05) is 6.92 Å². The van der Waals surface area contributed by atoms with Crippen LogP contribution in [-0.2, 0) is 4.79 Å². The highest BCUT2D eigenvalue weighted by Crippen LogP contribution is 2.09. The van der Waals surface area contributed by atoms with Crippen LogP contribution in [0.5, 0.6) is 0 Å². The van der Waals surface area contributed by atoms with Crippen molar-refractivity contribution in [3.05, 3.63) is 12.0 Å². The Hall–Kier alpha value is -0.860. The lowest BCUT2D eigenvalue weighted by Gasteiger charge is -2.02. The molecule has 0 aliphatic rings. The van der Waals surface area contributed by atoms with Gasteiger partial charge in [0.15, 0.2) is 11.6 Å². The number of allylic oxidation sites excluding steroid dienone is 1. The normalized spacial score (nSPS) is 14.9. The van der Waals surface area contributed by atoms with Gasteiger partial charge in [0.05, 0.1) is 0 Å². The molecule has 0 aromatic rings. The molecule has 1 atom stereocenters. The number of halogens is 1. The molecule has 0 rings (SSSR count). The number of Topliss-reactive ketones (excluding diaryl/α,β-unsaturated/α-hetero) is 1. The lowest BCUT2D eigenvalue weighted by molar-refractivity contribution is -0.120. The molecule has 0 aromatic heterocycles. The van der Waals surface area contributed by atoms with Gasteiger partial charge in [-0.05, 0) is 6.42 Å². The second-order valence-corrected chi connectivity index (χ2v) is 2.19. The van der Waals surface area contributed by atoms with E-state index in [0.29, 0.717) is 12.6 Å². The van der Waals surface area contributed by atoms with Crippen LogP contribution in [0.4, 0.5) is 4.39 Å². The summed E-state index contributed by atoms with van der Waals surface area (Å²) in [6.45, 7) is 3.50. The highest BCUT2D eigenvalue weighted by molar-refractivity contribution is 5.94. The van der Waals surface area contributed by atoms with Crippen LogP contribution in [-0.4, -0.2) is 5.78 Å². The minimum absolute atomic E-state index is 0.264. The van der Waals surface area contributed by atoms with Gasteiger partial charge in [-0.25, -0.2) is 4.39 Å². The van der Waals surface area contributed by atoms with Crippen LogP contribution in [0.15, 0.2) is 12.0 Å². The summed E-state index contributed by atoms with van der Waals surface area (Å²) < 4.78 is 12.3. The van der Waals surface area contributed by atoms with Gasteiger partial charge in [-0.15, -0.1) is 0 Å². The van der Waals surface area contributed by atoms with Crippen LogP contribution in [0.1, 0.15) is 20.3 Å². The van der Waals surface area contributed by atoms with Crippen molar-refractivity contribution in [3.8, 4) is 0 Å². The van der Waals surface area contributed by atoms with E-state index in [4.69, 9.17) is 5.73 Å². The van der Waals surface area contributed by atoms with Crippen molar-refractivity contribution in [1.29, 1.82) is 0 Å². The molecule has 0 heterocycles. The van der Waals surface area contributed by atoms with Crippen molar-refractivity contribution in [3.63, 3.8) is 0 Å². The van der Waals surface area contributed by atoms with E-state index >= 15 is 0 Å². The van der Waals surface area contributed by atoms with Gasteiger partial charge in [0.25, 0.3) is 0 Å². The van der Waals surface area contributed by atoms with Crippen molar-refractivity contribution in [2.75, 3.05) is 0 Å². The third kappa shape index (κ3) is 2.17. The fourth-order valence-electron chi connectivity index (χ4n) is 0.503. The second-order valence-electron chi connectivity index (χ2n) is 2.19. The molecule has 0 aliphatic carbocycles. The molecule has 0 fully saturated rings. The minimum atomic E-state index is -0.839. The Morgan fingerprint density at radius 1 is 1.80 bits per heavy atom. The van der Waals surface area contributed by atoms with Crippen LogP contribution in [0.3, 0.4) is 0 Å². The Balaban J connectivity index is 4.08. The Bertz CT molecular complexity index is 154. The fourth-order valence-corrected chi connectivity index (χ4v) is 0.503. The molecule has 2 nitrogen and oxygen atoms in total. The topological polar surface area (TPSA) is 43.1 Å². The largest absolute Gasteiger partial charge is 0.402 e. The highest BCUT2D eigenvalue weighted by atomic mass is 19.1. The lowest BCUT2D eigenvalue weighted by atomic mass is 10.0. The monoisotopic (exact) mass is 145 g/mol. The molecule has 0 spiro atoms. The number of carbonyl (C=O) groups excluding carboxylic acids is 1. The number of hydrogen-bond acceptors (Lipinski definition) is 2. The third-order valence-corrected chi connectivity index (χ3v) is 1.44. The summed E-state index contributed by atoms with van der Waals surface area (Å²) in [5, 5.41) is 0. The first-order chi connectivity index (χ1) is 4.63. The maximum Gasteiger partial charge on any atom is 0.195 e. The summed E-state index contributed by atoms with van der Waals surface area (Å²) in [6, 6.07) is 0. The lowest BCUT2D eigenvalue weighted by Crippen LogP contribution is -2.11. The van der Waals surface area contributed by atoms with Crippen molar-refractivity contribution < 1.29 is 9.18 Å². The van der Waals surface area contributed by atoms with Crippen molar-refractivity contribution in [2.24, 2.45) is 11.7 Å². The molecule has 0 aliphatic heterocycles. The molecular weight excluding hydrogens is 133 g/mol.